The highest BCUT2D eigenvalue weighted by molar-refractivity contribution is 5.79. The van der Waals surface area contributed by atoms with Gasteiger partial charge in [0.25, 0.3) is 0 Å². The van der Waals surface area contributed by atoms with Crippen molar-refractivity contribution >= 4 is 12.1 Å². The van der Waals surface area contributed by atoms with Gasteiger partial charge in [-0.05, 0) is 25.5 Å². The van der Waals surface area contributed by atoms with E-state index in [4.69, 9.17) is 0 Å². The van der Waals surface area contributed by atoms with Gasteiger partial charge >= 0.3 is 6.18 Å². The Morgan fingerprint density at radius 1 is 1.33 bits per heavy atom. The van der Waals surface area contributed by atoms with Gasteiger partial charge < -0.3 is 15.0 Å². The quantitative estimate of drug-likeness (QED) is 0.816. The first-order valence-corrected chi connectivity index (χ1v) is 8.53. The number of allylic oxidation sites excluding steroid dienone is 2. The van der Waals surface area contributed by atoms with Crippen LogP contribution in [-0.2, 0) is 4.79 Å². The van der Waals surface area contributed by atoms with Crippen molar-refractivity contribution < 1.29 is 22.7 Å². The van der Waals surface area contributed by atoms with E-state index < -0.39 is 19.1 Å². The predicted octanol–water partition coefficient (Wildman–Crippen LogP) is 3.43. The average Bonchev–Trinajstić information content (AvgIpc) is 2.59. The highest BCUT2D eigenvalue weighted by Crippen LogP contribution is 2.28. The molecule has 1 N–H and O–H groups in total. The van der Waals surface area contributed by atoms with Crippen molar-refractivity contribution in [2.45, 2.75) is 46.2 Å². The maximum Gasteiger partial charge on any atom is 0.422 e. The minimum absolute atomic E-state index is 0.100. The van der Waals surface area contributed by atoms with Crippen LogP contribution in [-0.4, -0.2) is 41.1 Å². The SMILES string of the molecule is CC1=CC=NC(NC(=O)C(C)C)N1C(C)c1ccc(OCC(F)(F)F)nc1. The Bertz CT molecular complexity index is 714. The summed E-state index contributed by atoms with van der Waals surface area (Å²) in [6, 6.07) is 2.82. The Morgan fingerprint density at radius 3 is 2.59 bits per heavy atom. The summed E-state index contributed by atoms with van der Waals surface area (Å²) < 4.78 is 41.3. The van der Waals surface area contributed by atoms with Crippen molar-refractivity contribution in [3.8, 4) is 5.88 Å². The van der Waals surface area contributed by atoms with Gasteiger partial charge in [-0.15, -0.1) is 0 Å². The van der Waals surface area contributed by atoms with E-state index in [9.17, 15) is 18.0 Å². The number of ether oxygens (including phenoxy) is 1. The molecular formula is C18H23F3N4O2. The second kappa shape index (κ2) is 8.41. The second-order valence-electron chi connectivity index (χ2n) is 6.56. The Labute approximate surface area is 156 Å². The van der Waals surface area contributed by atoms with E-state index in [0.717, 1.165) is 11.3 Å². The van der Waals surface area contributed by atoms with Gasteiger partial charge in [0.15, 0.2) is 12.9 Å². The fourth-order valence-electron chi connectivity index (χ4n) is 2.54. The third-order valence-corrected chi connectivity index (χ3v) is 4.05. The summed E-state index contributed by atoms with van der Waals surface area (Å²) in [6.07, 6.45) is -0.0631. The molecule has 1 amide bonds. The van der Waals surface area contributed by atoms with E-state index in [1.54, 1.807) is 26.1 Å². The molecule has 0 saturated heterocycles. The molecule has 1 aromatic rings. The summed E-state index contributed by atoms with van der Waals surface area (Å²) in [5, 5.41) is 2.88. The number of carbonyl (C=O) groups is 1. The molecule has 27 heavy (non-hydrogen) atoms. The number of nitrogens with zero attached hydrogens (tertiary/aromatic N) is 3. The molecule has 6 nitrogen and oxygen atoms in total. The molecule has 1 aliphatic heterocycles. The maximum absolute atomic E-state index is 12.2. The third-order valence-electron chi connectivity index (χ3n) is 4.05. The van der Waals surface area contributed by atoms with Gasteiger partial charge in [0.05, 0.1) is 6.04 Å². The number of amides is 1. The Hall–Kier alpha value is -2.58. The topological polar surface area (TPSA) is 66.8 Å². The molecule has 2 unspecified atom stereocenters. The number of pyridine rings is 1. The molecule has 9 heteroatoms. The maximum atomic E-state index is 12.2. The summed E-state index contributed by atoms with van der Waals surface area (Å²) in [7, 11) is 0. The molecule has 0 fully saturated rings. The van der Waals surface area contributed by atoms with E-state index in [1.807, 2.05) is 24.8 Å². The molecule has 0 radical (unpaired) electrons. The van der Waals surface area contributed by atoms with E-state index in [1.165, 1.54) is 12.3 Å². The van der Waals surface area contributed by atoms with E-state index in [2.05, 4.69) is 20.0 Å². The van der Waals surface area contributed by atoms with Crippen LogP contribution in [0.3, 0.4) is 0 Å². The zero-order valence-corrected chi connectivity index (χ0v) is 15.6. The minimum atomic E-state index is -4.41. The predicted molar refractivity (Wildman–Crippen MR) is 95.1 cm³/mol. The molecule has 148 valence electrons. The molecule has 1 aromatic heterocycles. The van der Waals surface area contributed by atoms with Crippen molar-refractivity contribution in [2.75, 3.05) is 6.61 Å². The van der Waals surface area contributed by atoms with E-state index in [-0.39, 0.29) is 23.7 Å². The monoisotopic (exact) mass is 384 g/mol. The van der Waals surface area contributed by atoms with Crippen LogP contribution in [0.4, 0.5) is 13.2 Å². The van der Waals surface area contributed by atoms with Crippen molar-refractivity contribution in [3.63, 3.8) is 0 Å². The van der Waals surface area contributed by atoms with Crippen molar-refractivity contribution in [1.29, 1.82) is 0 Å². The largest absolute Gasteiger partial charge is 0.468 e. The van der Waals surface area contributed by atoms with Crippen LogP contribution < -0.4 is 10.1 Å². The zero-order valence-electron chi connectivity index (χ0n) is 15.6. The highest BCUT2D eigenvalue weighted by atomic mass is 19.4. The molecule has 0 bridgehead atoms. The zero-order chi connectivity index (χ0) is 20.2. The van der Waals surface area contributed by atoms with Crippen LogP contribution in [0.25, 0.3) is 0 Å². The minimum Gasteiger partial charge on any atom is -0.468 e. The smallest absolute Gasteiger partial charge is 0.422 e. The third kappa shape index (κ3) is 5.70. The summed E-state index contributed by atoms with van der Waals surface area (Å²) in [5.41, 5.74) is 1.65. The first kappa shape index (κ1) is 20.7. The lowest BCUT2D eigenvalue weighted by Gasteiger charge is -2.38. The van der Waals surface area contributed by atoms with Crippen molar-refractivity contribution in [1.82, 2.24) is 15.2 Å². The fourth-order valence-corrected chi connectivity index (χ4v) is 2.54. The molecule has 1 aliphatic rings. The normalized spacial score (nSPS) is 18.3. The lowest BCUT2D eigenvalue weighted by molar-refractivity contribution is -0.154. The highest BCUT2D eigenvalue weighted by Gasteiger charge is 2.30. The molecular weight excluding hydrogens is 361 g/mol. The van der Waals surface area contributed by atoms with Crippen molar-refractivity contribution in [2.24, 2.45) is 10.9 Å². The van der Waals surface area contributed by atoms with Crippen LogP contribution in [0, 0.1) is 5.92 Å². The van der Waals surface area contributed by atoms with Gasteiger partial charge in [0.2, 0.25) is 11.8 Å². The second-order valence-corrected chi connectivity index (χ2v) is 6.56. The number of halogens is 3. The van der Waals surface area contributed by atoms with Crippen LogP contribution in [0.2, 0.25) is 0 Å². The number of rotatable bonds is 6. The molecule has 2 heterocycles. The van der Waals surface area contributed by atoms with Crippen molar-refractivity contribution in [3.05, 3.63) is 35.7 Å². The fraction of sp³-hybridized carbons (Fsp3) is 0.500. The van der Waals surface area contributed by atoms with E-state index >= 15 is 0 Å². The number of aliphatic imine (C=N–C) groups is 1. The lowest BCUT2D eigenvalue weighted by Crippen LogP contribution is -2.49. The Balaban J connectivity index is 2.13. The van der Waals surface area contributed by atoms with Gasteiger partial charge in [-0.1, -0.05) is 19.9 Å². The Kier molecular flexibility index (Phi) is 6.45. The number of alkyl halides is 3. The molecule has 0 aromatic carbocycles. The van der Waals surface area contributed by atoms with Gasteiger partial charge in [-0.2, -0.15) is 13.2 Å². The number of carbonyl (C=O) groups excluding carboxylic acids is 1. The van der Waals surface area contributed by atoms with Crippen LogP contribution >= 0.6 is 0 Å². The molecule has 0 saturated carbocycles. The molecule has 2 atom stereocenters. The number of hydrogen-bond acceptors (Lipinski definition) is 5. The summed E-state index contributed by atoms with van der Waals surface area (Å²) in [5.74, 6) is -0.412. The van der Waals surface area contributed by atoms with Gasteiger partial charge in [-0.25, -0.2) is 9.98 Å². The summed E-state index contributed by atoms with van der Waals surface area (Å²) >= 11 is 0. The van der Waals surface area contributed by atoms with Gasteiger partial charge in [0, 0.05) is 30.1 Å². The lowest BCUT2D eigenvalue weighted by atomic mass is 10.1. The Morgan fingerprint density at radius 2 is 2.04 bits per heavy atom. The van der Waals surface area contributed by atoms with Crippen LogP contribution in [0.5, 0.6) is 5.88 Å². The number of nitrogens with one attached hydrogen (secondary N) is 1. The standard InChI is InChI=1S/C18H23F3N4O2/c1-11(2)16(26)24-17-22-8-7-12(3)25(17)13(4)14-5-6-15(23-9-14)27-10-18(19,20)21/h5-9,11,13,17H,10H2,1-4H3,(H,24,26). The number of aromatic nitrogens is 1. The molecule has 0 aliphatic carbocycles. The number of hydrogen-bond donors (Lipinski definition) is 1. The van der Waals surface area contributed by atoms with Gasteiger partial charge in [0.1, 0.15) is 0 Å². The molecule has 2 rings (SSSR count). The molecule has 0 spiro atoms. The summed E-state index contributed by atoms with van der Waals surface area (Å²) in [6.45, 7) is 6.00. The van der Waals surface area contributed by atoms with Gasteiger partial charge in [-0.3, -0.25) is 4.79 Å². The first-order chi connectivity index (χ1) is 12.6. The first-order valence-electron chi connectivity index (χ1n) is 8.53. The van der Waals surface area contributed by atoms with Crippen LogP contribution in [0.15, 0.2) is 35.1 Å². The average molecular weight is 384 g/mol. The van der Waals surface area contributed by atoms with E-state index in [0.29, 0.717) is 0 Å². The van der Waals surface area contributed by atoms with Crippen LogP contribution in [0.1, 0.15) is 39.3 Å². The summed E-state index contributed by atoms with van der Waals surface area (Å²) in [4.78, 5) is 22.2.